The Kier molecular flexibility index (Phi) is 17.5. The molecule has 0 aromatic heterocycles. The van der Waals surface area contributed by atoms with E-state index in [1.165, 1.54) is 32.0 Å². The number of ketones is 1. The van der Waals surface area contributed by atoms with E-state index in [-0.39, 0.29) is 22.3 Å². The monoisotopic (exact) mass is 873 g/mol. The fourth-order valence-electron chi connectivity index (χ4n) is 6.10. The predicted octanol–water partition coefficient (Wildman–Crippen LogP) is 2.39. The zero-order valence-corrected chi connectivity index (χ0v) is 34.3. The van der Waals surface area contributed by atoms with Crippen LogP contribution in [0.2, 0.25) is 0 Å². The van der Waals surface area contributed by atoms with Gasteiger partial charge < -0.3 is 41.3 Å². The number of carbonyl (C=O) groups is 7. The zero-order chi connectivity index (χ0) is 47.1. The number of carbonyl (C=O) groups excluding carboxylic acids is 6. The Morgan fingerprint density at radius 2 is 1.44 bits per heavy atom. The number of nitrogens with zero attached hydrogens (tertiary/aromatic N) is 3. The molecule has 7 N–H and O–H groups in total. The van der Waals surface area contributed by atoms with E-state index in [2.05, 4.69) is 21.3 Å². The molecule has 0 saturated carbocycles. The molecule has 22 heteroatoms. The molecule has 0 fully saturated rings. The number of amides is 4. The minimum Gasteiger partial charge on any atom is -0.502 e. The number of aromatic hydroxyl groups is 2. The number of aryl methyl sites for hydroxylation is 2. The predicted molar refractivity (Wildman–Crippen MR) is 218 cm³/mol. The van der Waals surface area contributed by atoms with Crippen LogP contribution in [0.3, 0.4) is 0 Å². The first kappa shape index (κ1) is 49.1. The van der Waals surface area contributed by atoms with Crippen LogP contribution in [0.4, 0.5) is 11.4 Å². The number of carboxylic acids is 1. The van der Waals surface area contributed by atoms with E-state index in [1.807, 2.05) is 0 Å². The molecular formula is C41H43N7O15. The Morgan fingerprint density at radius 1 is 0.825 bits per heavy atom. The lowest BCUT2D eigenvalue weighted by atomic mass is 10.0. The van der Waals surface area contributed by atoms with Crippen molar-refractivity contribution >= 4 is 52.7 Å². The van der Waals surface area contributed by atoms with Crippen molar-refractivity contribution in [1.29, 1.82) is 5.26 Å². The minimum absolute atomic E-state index is 0.0753. The smallest absolute Gasteiger partial charge is 0.339 e. The van der Waals surface area contributed by atoms with Gasteiger partial charge in [-0.25, -0.2) is 4.79 Å². The summed E-state index contributed by atoms with van der Waals surface area (Å²) in [6.07, 6.45) is -3.08. The van der Waals surface area contributed by atoms with E-state index < -0.39 is 137 Å². The number of nitriles is 1. The highest BCUT2D eigenvalue weighted by atomic mass is 16.6. The van der Waals surface area contributed by atoms with Gasteiger partial charge in [-0.05, 0) is 68.5 Å². The quantitative estimate of drug-likeness (QED) is 0.0350. The standard InChI is InChI=1S/C41H43N7O15/c1-21(2)36(46-33(52)17-24-13-14-30(49)29(16-24)47(59)60)40(57)45-28(18-25-10-6-12-31(50)37(25)48(61)62)39(56)43-26(11-7-15-42)38(55)44-27(19-34(53)54)32(51)20-63-41(58)35-22(3)8-5-9-23(35)4/h5-6,8-10,12-14,16,26-28,49-50H,7,11,17-20H2,1-4H3,(H,43,56)(H,44,55)(H,45,57)(H,46,52)(H,53,54)/t26-,27-,28-/m0/s1. The van der Waals surface area contributed by atoms with E-state index >= 15 is 0 Å². The van der Waals surface area contributed by atoms with E-state index in [0.717, 1.165) is 18.2 Å². The van der Waals surface area contributed by atoms with Crippen LogP contribution < -0.4 is 21.3 Å². The fraction of sp³-hybridized carbons (Fsp3) is 0.317. The van der Waals surface area contributed by atoms with E-state index in [1.54, 1.807) is 38.1 Å². The van der Waals surface area contributed by atoms with Crippen molar-refractivity contribution in [3.8, 4) is 17.6 Å². The lowest BCUT2D eigenvalue weighted by Crippen LogP contribution is -2.57. The number of hydrogen-bond acceptors (Lipinski definition) is 15. The topological polar surface area (TPSA) is 348 Å². The fourth-order valence-corrected chi connectivity index (χ4v) is 6.10. The molecular weight excluding hydrogens is 830 g/mol. The summed E-state index contributed by atoms with van der Waals surface area (Å²) in [5, 5.41) is 71.3. The number of esters is 1. The summed E-state index contributed by atoms with van der Waals surface area (Å²) >= 11 is 0. The van der Waals surface area contributed by atoms with Gasteiger partial charge >= 0.3 is 23.3 Å². The number of ether oxygens (including phenoxy) is 1. The van der Waals surface area contributed by atoms with Gasteiger partial charge in [0.1, 0.15) is 23.8 Å². The average molecular weight is 874 g/mol. The zero-order valence-electron chi connectivity index (χ0n) is 34.3. The van der Waals surface area contributed by atoms with Gasteiger partial charge in [0.25, 0.3) is 5.91 Å². The van der Waals surface area contributed by atoms with Crippen molar-refractivity contribution in [2.24, 2.45) is 0 Å². The van der Waals surface area contributed by atoms with E-state index in [4.69, 9.17) is 4.74 Å². The summed E-state index contributed by atoms with van der Waals surface area (Å²) in [6, 6.07) is 7.92. The lowest BCUT2D eigenvalue weighted by Gasteiger charge is -2.25. The van der Waals surface area contributed by atoms with Crippen LogP contribution in [0.25, 0.3) is 0 Å². The van der Waals surface area contributed by atoms with Crippen LogP contribution in [0.5, 0.6) is 11.5 Å². The number of benzene rings is 3. The maximum absolute atomic E-state index is 14.0. The van der Waals surface area contributed by atoms with Crippen molar-refractivity contribution in [2.75, 3.05) is 6.61 Å². The number of nitrogens with one attached hydrogen (secondary N) is 4. The third kappa shape index (κ3) is 13.9. The first-order chi connectivity index (χ1) is 29.6. The largest absolute Gasteiger partial charge is 0.502 e. The molecule has 63 heavy (non-hydrogen) atoms. The Balaban J connectivity index is 1.92. The number of para-hydroxylation sites is 1. The Bertz CT molecular complexity index is 2380. The normalized spacial score (nSPS) is 11.9. The number of allylic oxidation sites excluding steroid dienone is 1. The second kappa shape index (κ2) is 22.4. The first-order valence-corrected chi connectivity index (χ1v) is 18.8. The van der Waals surface area contributed by atoms with Crippen molar-refractivity contribution in [3.05, 3.63) is 114 Å². The van der Waals surface area contributed by atoms with Crippen LogP contribution in [0.15, 0.2) is 65.9 Å². The third-order valence-electron chi connectivity index (χ3n) is 9.21. The second-order valence-corrected chi connectivity index (χ2v) is 14.2. The van der Waals surface area contributed by atoms with Gasteiger partial charge in [0, 0.05) is 24.5 Å². The summed E-state index contributed by atoms with van der Waals surface area (Å²) in [5.74, 6) is -9.33. The van der Waals surface area contributed by atoms with Crippen LogP contribution in [0, 0.1) is 45.4 Å². The third-order valence-corrected chi connectivity index (χ3v) is 9.21. The highest BCUT2D eigenvalue weighted by molar-refractivity contribution is 6.02. The number of phenolic OH excluding ortho intramolecular Hbond substituents is 2. The molecule has 4 amide bonds. The molecule has 0 heterocycles. The molecule has 22 nitrogen and oxygen atoms in total. The van der Waals surface area contributed by atoms with Crippen molar-refractivity contribution in [3.63, 3.8) is 0 Å². The maximum Gasteiger partial charge on any atom is 0.339 e. The number of aliphatic carboxylic acids is 1. The maximum atomic E-state index is 14.0. The van der Waals surface area contributed by atoms with Crippen molar-refractivity contribution in [2.45, 2.75) is 77.9 Å². The van der Waals surface area contributed by atoms with E-state index in [0.29, 0.717) is 11.1 Å². The molecule has 0 radical (unpaired) electrons. The molecule has 3 rings (SSSR count). The molecule has 3 aromatic carbocycles. The van der Waals surface area contributed by atoms with Crippen LogP contribution in [0.1, 0.15) is 65.7 Å². The summed E-state index contributed by atoms with van der Waals surface area (Å²) in [4.78, 5) is 114. The summed E-state index contributed by atoms with van der Waals surface area (Å²) in [5.41, 5.74) is -0.745. The second-order valence-electron chi connectivity index (χ2n) is 14.2. The van der Waals surface area contributed by atoms with Gasteiger partial charge in [0.2, 0.25) is 17.7 Å². The first-order valence-electron chi connectivity index (χ1n) is 18.8. The number of hydrogen-bond donors (Lipinski definition) is 7. The molecule has 0 aliphatic heterocycles. The summed E-state index contributed by atoms with van der Waals surface area (Å²) < 4.78 is 5.14. The number of nitro groups is 2. The van der Waals surface area contributed by atoms with Crippen LogP contribution >= 0.6 is 0 Å². The van der Waals surface area contributed by atoms with Crippen molar-refractivity contribution in [1.82, 2.24) is 21.3 Å². The van der Waals surface area contributed by atoms with Gasteiger partial charge in [0.15, 0.2) is 23.9 Å². The highest BCUT2D eigenvalue weighted by Gasteiger charge is 2.33. The number of rotatable bonds is 21. The van der Waals surface area contributed by atoms with Gasteiger partial charge in [0.05, 0.1) is 34.3 Å². The van der Waals surface area contributed by atoms with Gasteiger partial charge in [-0.1, -0.05) is 36.4 Å². The molecule has 332 valence electrons. The van der Waals surface area contributed by atoms with E-state index in [9.17, 15) is 74.4 Å². The summed E-state index contributed by atoms with van der Waals surface area (Å²) in [7, 11) is 0. The van der Waals surface area contributed by atoms with Crippen LogP contribution in [-0.2, 0) is 46.3 Å². The SMILES string of the molecule is CC(C)=C(NC(=O)Cc1ccc(O)c([N+](=O)[O-])c1)C(=O)N[C@@H](Cc1cccc(O)c1[N+](=O)[O-])C(=O)N[C@@H](CCC#N)C(=O)N[C@@H](CC(=O)O)C(=O)COC(=O)c1c(C)cccc1C. The molecule has 3 atom stereocenters. The molecule has 0 bridgehead atoms. The summed E-state index contributed by atoms with van der Waals surface area (Å²) in [6.45, 7) is 5.10. The minimum atomic E-state index is -1.85. The Hall–Kier alpha value is -8.22. The number of Topliss-reactive ketones (excluding diaryl/α,β-unsaturated/α-hetero) is 1. The Labute approximate surface area is 358 Å². The highest BCUT2D eigenvalue weighted by Crippen LogP contribution is 2.31. The van der Waals surface area contributed by atoms with Crippen molar-refractivity contribution < 1.29 is 63.5 Å². The molecule has 3 aromatic rings. The van der Waals surface area contributed by atoms with Crippen LogP contribution in [-0.4, -0.2) is 91.2 Å². The lowest BCUT2D eigenvalue weighted by molar-refractivity contribution is -0.386. The number of nitro benzene ring substituents is 2. The molecule has 0 aliphatic carbocycles. The molecule has 0 unspecified atom stereocenters. The Morgan fingerprint density at radius 3 is 2.03 bits per heavy atom. The van der Waals surface area contributed by atoms with Gasteiger partial charge in [-0.2, -0.15) is 5.26 Å². The molecule has 0 aliphatic rings. The average Bonchev–Trinajstić information content (AvgIpc) is 3.19. The van der Waals surface area contributed by atoms with Gasteiger partial charge in [-0.15, -0.1) is 0 Å². The number of phenols is 2. The van der Waals surface area contributed by atoms with Gasteiger partial charge in [-0.3, -0.25) is 49.0 Å². The molecule has 0 saturated heterocycles. The number of carboxylic acid groups (broad SMARTS) is 1. The molecule has 0 spiro atoms.